The summed E-state index contributed by atoms with van der Waals surface area (Å²) in [4.78, 5) is 26.8. The second-order valence-electron chi connectivity index (χ2n) is 8.72. The molecule has 0 radical (unpaired) electrons. The van der Waals surface area contributed by atoms with Gasteiger partial charge < -0.3 is 10.2 Å². The summed E-state index contributed by atoms with van der Waals surface area (Å²) in [5.41, 5.74) is 0.850. The Balaban J connectivity index is 1.39. The highest BCUT2D eigenvalue weighted by molar-refractivity contribution is 7.91. The van der Waals surface area contributed by atoms with Crippen molar-refractivity contribution < 1.29 is 22.4 Å². The molecule has 29 heavy (non-hydrogen) atoms. The van der Waals surface area contributed by atoms with Crippen LogP contribution in [0, 0.1) is 11.7 Å². The highest BCUT2D eigenvalue weighted by atomic mass is 32.2. The van der Waals surface area contributed by atoms with Crippen molar-refractivity contribution in [1.29, 1.82) is 0 Å². The molecular formula is C21H27FN2O4S. The van der Waals surface area contributed by atoms with Gasteiger partial charge in [0.05, 0.1) is 17.4 Å². The fraction of sp³-hybridized carbons (Fsp3) is 0.619. The molecule has 8 heteroatoms. The molecule has 0 bridgehead atoms. The number of sulfone groups is 1. The molecule has 4 rings (SSSR count). The van der Waals surface area contributed by atoms with Crippen LogP contribution in [-0.2, 0) is 24.8 Å². The minimum Gasteiger partial charge on any atom is -0.355 e. The first kappa shape index (κ1) is 20.3. The van der Waals surface area contributed by atoms with E-state index in [9.17, 15) is 22.4 Å². The lowest BCUT2D eigenvalue weighted by Crippen LogP contribution is -2.43. The SMILES string of the molecule is O=C(NCC1(c2ccc(F)cc2)CCCC1)[C@H]1CC(=O)N([C@H]2CCS(=O)(=O)C2)C1. The molecule has 1 aliphatic carbocycles. The maximum Gasteiger partial charge on any atom is 0.225 e. The number of nitrogens with zero attached hydrogens (tertiary/aromatic N) is 1. The molecular weight excluding hydrogens is 395 g/mol. The van der Waals surface area contributed by atoms with Crippen LogP contribution >= 0.6 is 0 Å². The van der Waals surface area contributed by atoms with E-state index in [1.807, 2.05) is 0 Å². The topological polar surface area (TPSA) is 83.6 Å². The zero-order valence-corrected chi connectivity index (χ0v) is 17.2. The Kier molecular flexibility index (Phi) is 5.40. The normalized spacial score (nSPS) is 28.0. The van der Waals surface area contributed by atoms with Gasteiger partial charge in [0.2, 0.25) is 11.8 Å². The summed E-state index contributed by atoms with van der Waals surface area (Å²) in [6, 6.07) is 6.22. The summed E-state index contributed by atoms with van der Waals surface area (Å²) < 4.78 is 36.8. The monoisotopic (exact) mass is 422 g/mol. The van der Waals surface area contributed by atoms with Gasteiger partial charge in [-0.25, -0.2) is 12.8 Å². The first-order valence-corrected chi connectivity index (χ1v) is 12.1. The van der Waals surface area contributed by atoms with E-state index in [0.717, 1.165) is 31.2 Å². The van der Waals surface area contributed by atoms with Crippen LogP contribution in [-0.4, -0.2) is 55.8 Å². The summed E-state index contributed by atoms with van der Waals surface area (Å²) in [5.74, 6) is -0.905. The predicted molar refractivity (Wildman–Crippen MR) is 106 cm³/mol. The van der Waals surface area contributed by atoms with Crippen molar-refractivity contribution in [2.24, 2.45) is 5.92 Å². The molecule has 2 saturated heterocycles. The smallest absolute Gasteiger partial charge is 0.225 e. The van der Waals surface area contributed by atoms with Crippen LogP contribution in [0.5, 0.6) is 0 Å². The Bertz CT molecular complexity index is 894. The molecule has 2 amide bonds. The van der Waals surface area contributed by atoms with E-state index >= 15 is 0 Å². The number of halogens is 1. The number of carbonyl (C=O) groups excluding carboxylic acids is 2. The molecule has 0 aromatic heterocycles. The summed E-state index contributed by atoms with van der Waals surface area (Å²) in [6.07, 6.45) is 4.60. The highest BCUT2D eigenvalue weighted by Crippen LogP contribution is 2.40. The average molecular weight is 423 g/mol. The zero-order valence-electron chi connectivity index (χ0n) is 16.4. The minimum absolute atomic E-state index is 0.000751. The molecule has 3 aliphatic rings. The number of hydrogen-bond donors (Lipinski definition) is 1. The maximum absolute atomic E-state index is 13.3. The Morgan fingerprint density at radius 3 is 2.52 bits per heavy atom. The van der Waals surface area contributed by atoms with E-state index in [2.05, 4.69) is 5.32 Å². The minimum atomic E-state index is -3.08. The van der Waals surface area contributed by atoms with Crippen molar-refractivity contribution in [3.05, 3.63) is 35.6 Å². The van der Waals surface area contributed by atoms with Gasteiger partial charge in [-0.2, -0.15) is 0 Å². The van der Waals surface area contributed by atoms with Gasteiger partial charge in [0.1, 0.15) is 5.82 Å². The van der Waals surface area contributed by atoms with Crippen LogP contribution in [0.4, 0.5) is 4.39 Å². The molecule has 2 atom stereocenters. The third-order valence-corrected chi connectivity index (χ3v) is 8.55. The van der Waals surface area contributed by atoms with E-state index in [1.165, 1.54) is 12.1 Å². The Labute approximate surface area is 170 Å². The van der Waals surface area contributed by atoms with Crippen LogP contribution in [0.3, 0.4) is 0 Å². The van der Waals surface area contributed by atoms with Crippen molar-refractivity contribution in [1.82, 2.24) is 10.2 Å². The van der Waals surface area contributed by atoms with E-state index in [0.29, 0.717) is 13.0 Å². The molecule has 1 N–H and O–H groups in total. The van der Waals surface area contributed by atoms with E-state index in [-0.39, 0.29) is 53.6 Å². The van der Waals surface area contributed by atoms with Crippen LogP contribution in [0.15, 0.2) is 24.3 Å². The van der Waals surface area contributed by atoms with Crippen molar-refractivity contribution >= 4 is 21.7 Å². The molecule has 158 valence electrons. The first-order valence-electron chi connectivity index (χ1n) is 10.3. The molecule has 2 heterocycles. The van der Waals surface area contributed by atoms with Crippen molar-refractivity contribution in [2.45, 2.75) is 50.0 Å². The fourth-order valence-corrected chi connectivity index (χ4v) is 6.84. The fourth-order valence-electron chi connectivity index (χ4n) is 5.10. The van der Waals surface area contributed by atoms with Crippen LogP contribution in [0.25, 0.3) is 0 Å². The van der Waals surface area contributed by atoms with Gasteiger partial charge in [-0.15, -0.1) is 0 Å². The van der Waals surface area contributed by atoms with E-state index < -0.39 is 15.8 Å². The molecule has 0 spiro atoms. The number of likely N-dealkylation sites (tertiary alicyclic amines) is 1. The highest BCUT2D eigenvalue weighted by Gasteiger charge is 2.43. The molecule has 1 aromatic rings. The molecule has 1 aromatic carbocycles. The number of nitrogens with one attached hydrogen (secondary N) is 1. The van der Waals surface area contributed by atoms with E-state index in [4.69, 9.17) is 0 Å². The second-order valence-corrected chi connectivity index (χ2v) is 10.9. The third kappa shape index (κ3) is 4.17. The van der Waals surface area contributed by atoms with Crippen LogP contribution < -0.4 is 5.32 Å². The summed E-state index contributed by atoms with van der Waals surface area (Å²) in [5, 5.41) is 3.04. The lowest BCUT2D eigenvalue weighted by molar-refractivity contribution is -0.130. The summed E-state index contributed by atoms with van der Waals surface area (Å²) >= 11 is 0. The lowest BCUT2D eigenvalue weighted by atomic mass is 9.78. The van der Waals surface area contributed by atoms with Gasteiger partial charge in [-0.05, 0) is 37.0 Å². The van der Waals surface area contributed by atoms with Gasteiger partial charge in [-0.1, -0.05) is 25.0 Å². The van der Waals surface area contributed by atoms with Crippen LogP contribution in [0.1, 0.15) is 44.1 Å². The van der Waals surface area contributed by atoms with Crippen molar-refractivity contribution in [3.8, 4) is 0 Å². The first-order chi connectivity index (χ1) is 13.8. The Hall–Kier alpha value is -1.96. The molecule has 1 saturated carbocycles. The predicted octanol–water partition coefficient (Wildman–Crippen LogP) is 1.79. The number of amides is 2. The largest absolute Gasteiger partial charge is 0.355 e. The molecule has 3 fully saturated rings. The molecule has 0 unspecified atom stereocenters. The standard InChI is InChI=1S/C21H27FN2O4S/c22-17-5-3-16(4-6-17)21(8-1-2-9-21)14-23-20(26)15-11-19(25)24(12-15)18-7-10-29(27,28)13-18/h3-6,15,18H,1-2,7-14H2,(H,23,26)/t15-,18-/m0/s1. The van der Waals surface area contributed by atoms with Gasteiger partial charge in [0.15, 0.2) is 9.84 Å². The van der Waals surface area contributed by atoms with Gasteiger partial charge in [-0.3, -0.25) is 9.59 Å². The third-order valence-electron chi connectivity index (χ3n) is 6.80. The number of benzene rings is 1. The number of carbonyl (C=O) groups is 2. The average Bonchev–Trinajstić information content (AvgIpc) is 3.39. The van der Waals surface area contributed by atoms with Gasteiger partial charge in [0, 0.05) is 31.0 Å². The van der Waals surface area contributed by atoms with Crippen molar-refractivity contribution in [3.63, 3.8) is 0 Å². The number of rotatable bonds is 5. The zero-order chi connectivity index (χ0) is 20.6. The van der Waals surface area contributed by atoms with Crippen molar-refractivity contribution in [2.75, 3.05) is 24.6 Å². The Morgan fingerprint density at radius 2 is 1.90 bits per heavy atom. The lowest BCUT2D eigenvalue weighted by Gasteiger charge is -2.30. The second kappa shape index (κ2) is 7.70. The van der Waals surface area contributed by atoms with Gasteiger partial charge >= 0.3 is 0 Å². The Morgan fingerprint density at radius 1 is 1.21 bits per heavy atom. The molecule has 6 nitrogen and oxygen atoms in total. The summed E-state index contributed by atoms with van der Waals surface area (Å²) in [7, 11) is -3.08. The van der Waals surface area contributed by atoms with Crippen LogP contribution in [0.2, 0.25) is 0 Å². The van der Waals surface area contributed by atoms with Gasteiger partial charge in [0.25, 0.3) is 0 Å². The quantitative estimate of drug-likeness (QED) is 0.784. The van der Waals surface area contributed by atoms with E-state index in [1.54, 1.807) is 17.0 Å². The number of hydrogen-bond acceptors (Lipinski definition) is 4. The molecule has 2 aliphatic heterocycles. The maximum atomic E-state index is 13.3. The summed E-state index contributed by atoms with van der Waals surface area (Å²) in [6.45, 7) is 0.758.